The maximum absolute atomic E-state index is 2.65. The summed E-state index contributed by atoms with van der Waals surface area (Å²) in [5.41, 5.74) is 24.3. The van der Waals surface area contributed by atoms with Crippen molar-refractivity contribution in [3.8, 4) is 22.3 Å². The third kappa shape index (κ3) is 9.13. The zero-order valence-corrected chi connectivity index (χ0v) is 42.2. The molecule has 4 aromatic rings. The lowest BCUT2D eigenvalue weighted by Gasteiger charge is -2.27. The third-order valence-corrected chi connectivity index (χ3v) is 15.9. The maximum Gasteiger partial charge on any atom is 0.0218 e. The van der Waals surface area contributed by atoms with Gasteiger partial charge in [-0.25, -0.2) is 0 Å². The van der Waals surface area contributed by atoms with Crippen LogP contribution in [-0.2, 0) is 34.5 Å². The minimum Gasteiger partial charge on any atom is -0.0613 e. The second-order valence-corrected chi connectivity index (χ2v) is 25.0. The average Bonchev–Trinajstić information content (AvgIpc) is 3.71. The van der Waals surface area contributed by atoms with Crippen molar-refractivity contribution >= 4 is 21.7 Å². The first kappa shape index (κ1) is 45.1. The lowest BCUT2D eigenvalue weighted by Crippen LogP contribution is -2.16. The van der Waals surface area contributed by atoms with E-state index in [2.05, 4.69) is 197 Å². The second kappa shape index (κ2) is 16.5. The normalized spacial score (nSPS) is 17.4. The highest BCUT2D eigenvalue weighted by Gasteiger charge is 2.34. The highest BCUT2D eigenvalue weighted by Crippen LogP contribution is 2.51. The van der Waals surface area contributed by atoms with E-state index in [1.165, 1.54) is 78.8 Å². The van der Waals surface area contributed by atoms with Crippen LogP contribution in [0.1, 0.15) is 192 Å². The summed E-state index contributed by atoms with van der Waals surface area (Å²) in [5.74, 6) is 2.10. The zero-order valence-electron chi connectivity index (χ0n) is 40.8. The first-order chi connectivity index (χ1) is 27.3. The van der Waals surface area contributed by atoms with Crippen molar-refractivity contribution < 1.29 is 0 Å². The molecular weight excluding hydrogens is 725 g/mol. The molecule has 0 amide bonds. The van der Waals surface area contributed by atoms with Crippen molar-refractivity contribution in [2.75, 3.05) is 0 Å². The fourth-order valence-corrected chi connectivity index (χ4v) is 12.4. The van der Waals surface area contributed by atoms with Gasteiger partial charge in [-0.1, -0.05) is 221 Å². The molecule has 0 aromatic heterocycles. The van der Waals surface area contributed by atoms with Crippen molar-refractivity contribution in [1.82, 2.24) is 0 Å². The molecule has 0 bridgehead atoms. The smallest absolute Gasteiger partial charge is 0.0218 e. The summed E-state index contributed by atoms with van der Waals surface area (Å²) in [7, 11) is -0.416. The first-order valence-corrected chi connectivity index (χ1v) is 25.4. The van der Waals surface area contributed by atoms with Gasteiger partial charge in [0, 0.05) is 21.4 Å². The van der Waals surface area contributed by atoms with Crippen LogP contribution in [0.4, 0.5) is 0 Å². The largest absolute Gasteiger partial charge is 0.0613 e. The van der Waals surface area contributed by atoms with E-state index in [0.29, 0.717) is 23.7 Å². The van der Waals surface area contributed by atoms with Crippen LogP contribution in [0.15, 0.2) is 71.8 Å². The Hall–Kier alpha value is -3.42. The van der Waals surface area contributed by atoms with Crippen LogP contribution < -0.4 is 0 Å². The fraction of sp³-hybridized carbons (Fsp3) is 0.517. The zero-order chi connectivity index (χ0) is 43.6. The van der Waals surface area contributed by atoms with Gasteiger partial charge in [0.2, 0.25) is 0 Å². The highest BCUT2D eigenvalue weighted by atomic mass is 28.2. The minimum absolute atomic E-state index is 0.0836. The van der Waals surface area contributed by atoms with Crippen molar-refractivity contribution in [2.45, 2.75) is 183 Å². The number of aryl methyl sites for hydroxylation is 2. The van der Waals surface area contributed by atoms with E-state index in [0.717, 1.165) is 12.8 Å². The summed E-state index contributed by atoms with van der Waals surface area (Å²) in [6.45, 7) is 42.8. The van der Waals surface area contributed by atoms with Gasteiger partial charge in [0.25, 0.3) is 0 Å². The molecule has 0 fully saturated rings. The average molecular weight is 805 g/mol. The third-order valence-electron chi connectivity index (χ3n) is 13.9. The molecular formula is C58H80Si. The topological polar surface area (TPSA) is 0 Å². The summed E-state index contributed by atoms with van der Waals surface area (Å²) >= 11 is 0. The Morgan fingerprint density at radius 3 is 1.02 bits per heavy atom. The lowest BCUT2D eigenvalue weighted by molar-refractivity contribution is 0.568. The number of hydrogen-bond acceptors (Lipinski definition) is 0. The molecule has 0 saturated heterocycles. The van der Waals surface area contributed by atoms with Crippen LogP contribution in [0, 0.1) is 11.8 Å². The second-order valence-electron chi connectivity index (χ2n) is 23.1. The van der Waals surface area contributed by atoms with Crippen molar-refractivity contribution in [2.24, 2.45) is 11.8 Å². The Morgan fingerprint density at radius 2 is 0.763 bits per heavy atom. The van der Waals surface area contributed by atoms with Crippen molar-refractivity contribution in [3.05, 3.63) is 127 Å². The Bertz CT molecular complexity index is 2030. The maximum atomic E-state index is 2.65. The molecule has 2 aliphatic carbocycles. The lowest BCUT2D eigenvalue weighted by atomic mass is 9.77. The van der Waals surface area contributed by atoms with E-state index in [1.807, 2.05) is 0 Å². The number of allylic oxidation sites excluding steroid dienone is 2. The van der Waals surface area contributed by atoms with Crippen LogP contribution in [0.3, 0.4) is 0 Å². The van der Waals surface area contributed by atoms with Gasteiger partial charge in [0.05, 0.1) is 0 Å². The van der Waals surface area contributed by atoms with E-state index >= 15 is 0 Å². The number of rotatable bonds is 10. The van der Waals surface area contributed by atoms with Crippen molar-refractivity contribution in [1.29, 1.82) is 0 Å². The van der Waals surface area contributed by atoms with Gasteiger partial charge < -0.3 is 0 Å². The molecule has 0 spiro atoms. The van der Waals surface area contributed by atoms with E-state index in [-0.39, 0.29) is 21.7 Å². The monoisotopic (exact) mass is 805 g/mol. The number of hydrogen-bond donors (Lipinski definition) is 0. The molecule has 0 N–H and O–H groups in total. The summed E-state index contributed by atoms with van der Waals surface area (Å²) < 4.78 is 0. The molecule has 0 nitrogen and oxygen atoms in total. The van der Waals surface area contributed by atoms with Crippen LogP contribution in [0.2, 0.25) is 12.1 Å². The Balaban J connectivity index is 1.39. The number of benzene rings is 4. The molecule has 2 unspecified atom stereocenters. The van der Waals surface area contributed by atoms with E-state index in [1.54, 1.807) is 22.3 Å². The Morgan fingerprint density at radius 1 is 0.458 bits per heavy atom. The molecule has 2 atom stereocenters. The molecule has 59 heavy (non-hydrogen) atoms. The van der Waals surface area contributed by atoms with Crippen LogP contribution in [0.5, 0.6) is 0 Å². The molecule has 1 heteroatoms. The minimum atomic E-state index is -0.416. The molecule has 0 saturated carbocycles. The summed E-state index contributed by atoms with van der Waals surface area (Å²) in [4.78, 5) is 0. The molecule has 316 valence electrons. The van der Waals surface area contributed by atoms with Gasteiger partial charge in [-0.05, 0) is 124 Å². The quantitative estimate of drug-likeness (QED) is 0.140. The van der Waals surface area contributed by atoms with Crippen LogP contribution in [-0.4, -0.2) is 9.52 Å². The van der Waals surface area contributed by atoms with E-state index < -0.39 is 9.52 Å². The summed E-state index contributed by atoms with van der Waals surface area (Å²) in [6.07, 6.45) is 7.38. The Kier molecular flexibility index (Phi) is 12.6. The van der Waals surface area contributed by atoms with Crippen molar-refractivity contribution in [3.63, 3.8) is 0 Å². The van der Waals surface area contributed by atoms with Crippen LogP contribution >= 0.6 is 0 Å². The predicted octanol–water partition coefficient (Wildman–Crippen LogP) is 16.3. The van der Waals surface area contributed by atoms with Gasteiger partial charge in [-0.15, -0.1) is 0 Å². The SMILES string of the molecule is CCc1ccc2c(c1-c1cc(C(C)(C)C)cc(C(C)(C)C)c1)C=C(C(C)C)C2C[SiH2]CC1C(C(C)C)=Cc2c1ccc(CC)c2-c1cc(C(C)(C)C)cc(C(C)(C)C)c1. The number of fused-ring (bicyclic) bond motifs is 2. The highest BCUT2D eigenvalue weighted by molar-refractivity contribution is 6.36. The molecule has 6 rings (SSSR count). The van der Waals surface area contributed by atoms with Gasteiger partial charge in [0.1, 0.15) is 0 Å². The molecule has 0 aliphatic heterocycles. The van der Waals surface area contributed by atoms with Gasteiger partial charge in [-0.2, -0.15) is 0 Å². The fourth-order valence-electron chi connectivity index (χ4n) is 10.0. The molecule has 4 aromatic carbocycles. The molecule has 0 radical (unpaired) electrons. The first-order valence-electron chi connectivity index (χ1n) is 23.4. The molecule has 2 aliphatic rings. The summed E-state index contributed by atoms with van der Waals surface area (Å²) in [5, 5.41) is 0. The standard InChI is InChI=1S/C58H80Si/c1-19-37-21-23-45-49(53(37)39-25-41(55(7,8)9)29-42(26-39)56(10,11)12)31-47(35(3)4)51(45)33-59-34-52-46-24-22-38(20-2)54(50(46)32-48(52)36(5)6)40-27-43(57(13,14)15)30-44(28-40)58(16,17)18/h21-32,35-36,51-52H,19-20,33-34,59H2,1-18H3. The Labute approximate surface area is 364 Å². The van der Waals surface area contributed by atoms with E-state index in [9.17, 15) is 0 Å². The molecule has 0 heterocycles. The predicted molar refractivity (Wildman–Crippen MR) is 267 cm³/mol. The summed E-state index contributed by atoms with van der Waals surface area (Å²) in [6, 6.07) is 27.7. The van der Waals surface area contributed by atoms with Gasteiger partial charge in [-0.3, -0.25) is 0 Å². The van der Waals surface area contributed by atoms with Gasteiger partial charge >= 0.3 is 0 Å². The van der Waals surface area contributed by atoms with Crippen LogP contribution in [0.25, 0.3) is 34.4 Å². The van der Waals surface area contributed by atoms with E-state index in [4.69, 9.17) is 0 Å². The van der Waals surface area contributed by atoms with Gasteiger partial charge in [0.15, 0.2) is 0 Å².